The van der Waals surface area contributed by atoms with Crippen LogP contribution in [0.2, 0.25) is 0 Å². The van der Waals surface area contributed by atoms with E-state index in [0.29, 0.717) is 19.1 Å². The van der Waals surface area contributed by atoms with Crippen LogP contribution >= 0.6 is 0 Å². The Hall–Kier alpha value is -1.43. The van der Waals surface area contributed by atoms with E-state index in [4.69, 9.17) is 15.6 Å². The molecule has 1 saturated carbocycles. The van der Waals surface area contributed by atoms with Gasteiger partial charge in [-0.05, 0) is 30.7 Å². The zero-order valence-corrected chi connectivity index (χ0v) is 18.7. The summed E-state index contributed by atoms with van der Waals surface area (Å²) in [6, 6.07) is 10.6. The highest BCUT2D eigenvalue weighted by molar-refractivity contribution is 5.45. The Balaban J connectivity index is 0.000000375. The van der Waals surface area contributed by atoms with Crippen LogP contribution in [0.25, 0.3) is 0 Å². The standard InChI is InChI=1S/C9H12.C7H15NO2.C5H10.C3H7NO/c1-2-6-9-7-4-3-5-8-9;9-6-4-2-1-3-5-8-7-10;1-5-3-2-4-5;4-1-3-2-5-3/h3-5,7-8H,2,6H2,1H3;7,9H,1-6H2,(H,8,10);5H,2-4H2,1H3;3H,1-2,4H2. The molecule has 29 heavy (non-hydrogen) atoms. The topological polar surface area (TPSA) is 87.9 Å². The molecule has 2 aliphatic rings. The third-order valence-corrected chi connectivity index (χ3v) is 4.75. The molecule has 1 amide bonds. The fourth-order valence-corrected chi connectivity index (χ4v) is 2.50. The van der Waals surface area contributed by atoms with Crippen molar-refractivity contribution in [2.75, 3.05) is 26.3 Å². The van der Waals surface area contributed by atoms with Crippen molar-refractivity contribution in [2.45, 2.75) is 77.7 Å². The molecule has 5 heteroatoms. The van der Waals surface area contributed by atoms with Crippen LogP contribution in [0, 0.1) is 5.92 Å². The summed E-state index contributed by atoms with van der Waals surface area (Å²) in [6.07, 6.45) is 12.1. The lowest BCUT2D eigenvalue weighted by Gasteiger charge is -2.18. The van der Waals surface area contributed by atoms with E-state index in [9.17, 15) is 4.79 Å². The number of unbranched alkanes of at least 4 members (excludes halogenated alkanes) is 3. The van der Waals surface area contributed by atoms with Gasteiger partial charge in [-0.25, -0.2) is 0 Å². The molecule has 1 saturated heterocycles. The number of nitrogens with two attached hydrogens (primary N) is 1. The summed E-state index contributed by atoms with van der Waals surface area (Å²) in [5.41, 5.74) is 6.55. The Morgan fingerprint density at radius 2 is 1.79 bits per heavy atom. The van der Waals surface area contributed by atoms with Gasteiger partial charge in [0.2, 0.25) is 6.41 Å². The molecule has 1 aromatic rings. The predicted molar refractivity (Wildman–Crippen MR) is 122 cm³/mol. The van der Waals surface area contributed by atoms with Crippen LogP contribution in [0.3, 0.4) is 0 Å². The Morgan fingerprint density at radius 1 is 1.17 bits per heavy atom. The molecule has 168 valence electrons. The van der Waals surface area contributed by atoms with Crippen LogP contribution in [0.15, 0.2) is 30.3 Å². The number of carbonyl (C=O) groups excluding carboxylic acids is 1. The summed E-state index contributed by atoms with van der Waals surface area (Å²) in [4.78, 5) is 9.74. The monoisotopic (exact) mass is 408 g/mol. The van der Waals surface area contributed by atoms with Crippen molar-refractivity contribution in [1.82, 2.24) is 5.32 Å². The molecule has 4 N–H and O–H groups in total. The highest BCUT2D eigenvalue weighted by Crippen LogP contribution is 2.24. The molecular weight excluding hydrogens is 364 g/mol. The van der Waals surface area contributed by atoms with Crippen molar-refractivity contribution in [2.24, 2.45) is 11.7 Å². The van der Waals surface area contributed by atoms with Crippen molar-refractivity contribution in [3.8, 4) is 0 Å². The molecule has 0 spiro atoms. The lowest BCUT2D eigenvalue weighted by molar-refractivity contribution is -0.109. The number of nitrogens with one attached hydrogen (secondary N) is 1. The minimum Gasteiger partial charge on any atom is -0.396 e. The zero-order valence-electron chi connectivity index (χ0n) is 18.7. The summed E-state index contributed by atoms with van der Waals surface area (Å²) in [7, 11) is 0. The first-order valence-electron chi connectivity index (χ1n) is 11.3. The van der Waals surface area contributed by atoms with E-state index >= 15 is 0 Å². The molecule has 5 nitrogen and oxygen atoms in total. The summed E-state index contributed by atoms with van der Waals surface area (Å²) >= 11 is 0. The van der Waals surface area contributed by atoms with Crippen LogP contribution in [-0.2, 0) is 16.0 Å². The second kappa shape index (κ2) is 21.3. The van der Waals surface area contributed by atoms with Crippen LogP contribution in [0.1, 0.15) is 70.8 Å². The van der Waals surface area contributed by atoms with Crippen LogP contribution in [0.4, 0.5) is 0 Å². The fraction of sp³-hybridized carbons (Fsp3) is 0.708. The summed E-state index contributed by atoms with van der Waals surface area (Å²) in [5, 5.41) is 11.0. The molecule has 0 radical (unpaired) electrons. The van der Waals surface area contributed by atoms with E-state index in [1.807, 2.05) is 0 Å². The van der Waals surface area contributed by atoms with Crippen molar-refractivity contribution >= 4 is 6.41 Å². The fourth-order valence-electron chi connectivity index (χ4n) is 2.50. The van der Waals surface area contributed by atoms with Gasteiger partial charge >= 0.3 is 0 Å². The number of rotatable bonds is 10. The van der Waals surface area contributed by atoms with E-state index in [0.717, 1.165) is 44.8 Å². The lowest BCUT2D eigenvalue weighted by atomic mass is 9.88. The van der Waals surface area contributed by atoms with E-state index in [1.165, 1.54) is 37.7 Å². The van der Waals surface area contributed by atoms with Crippen molar-refractivity contribution in [3.63, 3.8) is 0 Å². The summed E-state index contributed by atoms with van der Waals surface area (Å²) < 4.78 is 4.73. The second-order valence-electron chi connectivity index (χ2n) is 7.67. The van der Waals surface area contributed by atoms with Gasteiger partial charge in [0.25, 0.3) is 0 Å². The second-order valence-corrected chi connectivity index (χ2v) is 7.67. The predicted octanol–water partition coefficient (Wildman–Crippen LogP) is 4.07. The van der Waals surface area contributed by atoms with Gasteiger partial charge in [-0.3, -0.25) is 4.79 Å². The van der Waals surface area contributed by atoms with Gasteiger partial charge in [0.05, 0.1) is 12.7 Å². The largest absolute Gasteiger partial charge is 0.396 e. The Kier molecular flexibility index (Phi) is 20.2. The molecule has 2 fully saturated rings. The number of aryl methyl sites for hydroxylation is 1. The van der Waals surface area contributed by atoms with E-state index < -0.39 is 0 Å². The first kappa shape index (κ1) is 27.6. The summed E-state index contributed by atoms with van der Waals surface area (Å²) in [6.45, 7) is 7.13. The first-order valence-corrected chi connectivity index (χ1v) is 11.3. The third-order valence-electron chi connectivity index (χ3n) is 4.75. The number of hydrogen-bond acceptors (Lipinski definition) is 4. The Bertz CT molecular complexity index is 449. The molecule has 1 aliphatic carbocycles. The molecule has 3 rings (SSSR count). The van der Waals surface area contributed by atoms with Gasteiger partial charge in [0.15, 0.2) is 0 Å². The highest BCUT2D eigenvalue weighted by Gasteiger charge is 2.18. The van der Waals surface area contributed by atoms with Crippen molar-refractivity contribution in [1.29, 1.82) is 0 Å². The lowest BCUT2D eigenvalue weighted by Crippen LogP contribution is -2.11. The van der Waals surface area contributed by atoms with E-state index in [1.54, 1.807) is 0 Å². The number of amides is 1. The van der Waals surface area contributed by atoms with Gasteiger partial charge in [-0.15, -0.1) is 0 Å². The molecule has 1 aromatic carbocycles. The smallest absolute Gasteiger partial charge is 0.207 e. The maximum absolute atomic E-state index is 9.74. The number of aliphatic hydroxyl groups is 1. The number of hydrogen-bond donors (Lipinski definition) is 3. The minimum atomic E-state index is 0.279. The third kappa shape index (κ3) is 21.1. The SMILES string of the molecule is CC1CCC1.CCCc1ccccc1.NCC1CO1.O=CNCCCCCCO. The number of carbonyl (C=O) groups is 1. The minimum absolute atomic E-state index is 0.279. The molecule has 0 aromatic heterocycles. The van der Waals surface area contributed by atoms with Gasteiger partial charge in [0, 0.05) is 19.7 Å². The van der Waals surface area contributed by atoms with Gasteiger partial charge in [0.1, 0.15) is 0 Å². The highest BCUT2D eigenvalue weighted by atomic mass is 16.6. The number of ether oxygens (including phenoxy) is 1. The van der Waals surface area contributed by atoms with E-state index in [2.05, 4.69) is 49.5 Å². The van der Waals surface area contributed by atoms with Crippen LogP contribution < -0.4 is 11.1 Å². The molecular formula is C24H44N2O3. The Morgan fingerprint density at radius 3 is 2.17 bits per heavy atom. The molecule has 1 aliphatic heterocycles. The first-order chi connectivity index (χ1) is 14.2. The molecule has 1 unspecified atom stereocenters. The maximum Gasteiger partial charge on any atom is 0.207 e. The number of benzene rings is 1. The summed E-state index contributed by atoms with van der Waals surface area (Å²) in [5.74, 6) is 1.06. The molecule has 1 atom stereocenters. The van der Waals surface area contributed by atoms with Gasteiger partial charge in [-0.1, -0.05) is 82.7 Å². The molecule has 0 bridgehead atoms. The van der Waals surface area contributed by atoms with Gasteiger partial charge < -0.3 is 20.9 Å². The van der Waals surface area contributed by atoms with Gasteiger partial charge in [-0.2, -0.15) is 0 Å². The average molecular weight is 409 g/mol. The zero-order chi connectivity index (χ0) is 21.6. The average Bonchev–Trinajstić information content (AvgIpc) is 3.56. The van der Waals surface area contributed by atoms with Crippen molar-refractivity contribution in [3.05, 3.63) is 35.9 Å². The quantitative estimate of drug-likeness (QED) is 0.309. The Labute approximate surface area is 178 Å². The van der Waals surface area contributed by atoms with Crippen LogP contribution in [0.5, 0.6) is 0 Å². The van der Waals surface area contributed by atoms with Crippen LogP contribution in [-0.4, -0.2) is 43.9 Å². The number of epoxide rings is 1. The number of aliphatic hydroxyl groups excluding tert-OH is 1. The molecule has 1 heterocycles. The van der Waals surface area contributed by atoms with E-state index in [-0.39, 0.29) is 6.61 Å². The normalized spacial score (nSPS) is 16.5. The maximum atomic E-state index is 9.74. The van der Waals surface area contributed by atoms with Crippen molar-refractivity contribution < 1.29 is 14.6 Å².